The molecule has 0 aliphatic heterocycles. The Morgan fingerprint density at radius 2 is 1.30 bits per heavy atom. The van der Waals surface area contributed by atoms with Crippen molar-refractivity contribution in [2.24, 2.45) is 0 Å². The first-order valence-corrected chi connectivity index (χ1v) is 9.91. The van der Waals surface area contributed by atoms with Gasteiger partial charge >= 0.3 is 0 Å². The maximum atomic E-state index is 4.75. The Morgan fingerprint density at radius 3 is 1.81 bits per heavy atom. The third-order valence-electron chi connectivity index (χ3n) is 4.95. The quantitative estimate of drug-likeness (QED) is 0.411. The predicted molar refractivity (Wildman–Crippen MR) is 110 cm³/mol. The van der Waals surface area contributed by atoms with Crippen molar-refractivity contribution >= 4 is 22.1 Å². The molecule has 0 amide bonds. The van der Waals surface area contributed by atoms with Gasteiger partial charge in [0.15, 0.2) is 0 Å². The Labute approximate surface area is 159 Å². The fraction of sp³-hybridized carbons (Fsp3) is 0.364. The molecule has 4 aromatic rings. The zero-order chi connectivity index (χ0) is 18.5. The third-order valence-corrected chi connectivity index (χ3v) is 4.95. The van der Waals surface area contributed by atoms with Crippen LogP contribution >= 0.6 is 0 Å². The molecule has 2 aromatic carbocycles. The lowest BCUT2D eigenvalue weighted by molar-refractivity contribution is 0.240. The standard InChI is InChI=1S/C22H27N5/c1-2-3-4-9-14-27(15-21-23-17-10-5-6-11-18(17)24-21)16-22-25-19-12-7-8-13-20(19)26-22/h5-8,10-13H,2-4,9,14-16H2,1H3,(H,23,24)(H,25,26). The molecule has 0 atom stereocenters. The Hall–Kier alpha value is -2.66. The molecule has 5 nitrogen and oxygen atoms in total. The first-order valence-electron chi connectivity index (χ1n) is 9.91. The summed E-state index contributed by atoms with van der Waals surface area (Å²) in [6, 6.07) is 16.4. The lowest BCUT2D eigenvalue weighted by Crippen LogP contribution is -2.25. The van der Waals surface area contributed by atoms with E-state index in [-0.39, 0.29) is 0 Å². The second-order valence-corrected chi connectivity index (χ2v) is 7.17. The summed E-state index contributed by atoms with van der Waals surface area (Å²) in [5.74, 6) is 2.03. The first kappa shape index (κ1) is 17.7. The second-order valence-electron chi connectivity index (χ2n) is 7.17. The van der Waals surface area contributed by atoms with Crippen LogP contribution in [-0.2, 0) is 13.1 Å². The number of H-pyrrole nitrogens is 2. The summed E-state index contributed by atoms with van der Waals surface area (Å²) < 4.78 is 0. The predicted octanol–water partition coefficient (Wildman–Crippen LogP) is 5.02. The van der Waals surface area contributed by atoms with Crippen LogP contribution in [0.5, 0.6) is 0 Å². The van der Waals surface area contributed by atoms with Gasteiger partial charge in [-0.3, -0.25) is 4.90 Å². The van der Waals surface area contributed by atoms with Crippen LogP contribution in [0, 0.1) is 0 Å². The highest BCUT2D eigenvalue weighted by atomic mass is 15.2. The van der Waals surface area contributed by atoms with Gasteiger partial charge in [-0.2, -0.15) is 0 Å². The number of rotatable bonds is 9. The third kappa shape index (κ3) is 4.37. The molecule has 0 saturated carbocycles. The number of nitrogens with one attached hydrogen (secondary N) is 2. The monoisotopic (exact) mass is 361 g/mol. The van der Waals surface area contributed by atoms with E-state index in [0.29, 0.717) is 0 Å². The highest BCUT2D eigenvalue weighted by Crippen LogP contribution is 2.16. The van der Waals surface area contributed by atoms with Gasteiger partial charge in [0.2, 0.25) is 0 Å². The Balaban J connectivity index is 1.50. The van der Waals surface area contributed by atoms with E-state index in [0.717, 1.165) is 53.3 Å². The minimum Gasteiger partial charge on any atom is -0.341 e. The van der Waals surface area contributed by atoms with Crippen molar-refractivity contribution in [2.45, 2.75) is 45.7 Å². The zero-order valence-electron chi connectivity index (χ0n) is 15.9. The molecule has 0 saturated heterocycles. The minimum atomic E-state index is 0.803. The smallest absolute Gasteiger partial charge is 0.121 e. The van der Waals surface area contributed by atoms with Gasteiger partial charge in [-0.05, 0) is 37.2 Å². The van der Waals surface area contributed by atoms with Gasteiger partial charge in [0, 0.05) is 0 Å². The fourth-order valence-corrected chi connectivity index (χ4v) is 3.56. The molecule has 4 rings (SSSR count). The van der Waals surface area contributed by atoms with Crippen molar-refractivity contribution in [3.8, 4) is 0 Å². The normalized spacial score (nSPS) is 11.8. The summed E-state index contributed by atoms with van der Waals surface area (Å²) >= 11 is 0. The van der Waals surface area contributed by atoms with Crippen LogP contribution in [0.4, 0.5) is 0 Å². The summed E-state index contributed by atoms with van der Waals surface area (Å²) in [5.41, 5.74) is 4.26. The van der Waals surface area contributed by atoms with Crippen molar-refractivity contribution in [1.29, 1.82) is 0 Å². The zero-order valence-corrected chi connectivity index (χ0v) is 15.9. The molecule has 0 bridgehead atoms. The number of aromatic nitrogens is 4. The molecule has 0 spiro atoms. The summed E-state index contributed by atoms with van der Waals surface area (Å²) in [4.78, 5) is 18.9. The van der Waals surface area contributed by atoms with E-state index in [1.54, 1.807) is 0 Å². The van der Waals surface area contributed by atoms with E-state index < -0.39 is 0 Å². The SMILES string of the molecule is CCCCCCN(Cc1nc2ccccc2[nH]1)Cc1nc2ccccc2[nH]1. The van der Waals surface area contributed by atoms with E-state index in [1.165, 1.54) is 25.7 Å². The van der Waals surface area contributed by atoms with E-state index in [4.69, 9.17) is 9.97 Å². The molecule has 0 aliphatic rings. The number of para-hydroxylation sites is 4. The first-order chi connectivity index (χ1) is 13.3. The number of aromatic amines is 2. The van der Waals surface area contributed by atoms with Crippen molar-refractivity contribution in [3.05, 3.63) is 60.2 Å². The topological polar surface area (TPSA) is 60.6 Å². The Bertz CT molecular complexity index is 858. The minimum absolute atomic E-state index is 0.803. The molecule has 2 heterocycles. The molecule has 0 aliphatic carbocycles. The van der Waals surface area contributed by atoms with E-state index in [1.807, 2.05) is 24.3 Å². The molecule has 0 radical (unpaired) electrons. The number of benzene rings is 2. The molecule has 27 heavy (non-hydrogen) atoms. The molecular weight excluding hydrogens is 334 g/mol. The Morgan fingerprint density at radius 1 is 0.741 bits per heavy atom. The van der Waals surface area contributed by atoms with Crippen LogP contribution in [0.2, 0.25) is 0 Å². The summed E-state index contributed by atoms with van der Waals surface area (Å²) in [7, 11) is 0. The fourth-order valence-electron chi connectivity index (χ4n) is 3.56. The summed E-state index contributed by atoms with van der Waals surface area (Å²) in [6.07, 6.45) is 5.03. The lowest BCUT2D eigenvalue weighted by Gasteiger charge is -2.20. The molecule has 140 valence electrons. The van der Waals surface area contributed by atoms with Crippen LogP contribution < -0.4 is 0 Å². The van der Waals surface area contributed by atoms with Crippen molar-refractivity contribution in [3.63, 3.8) is 0 Å². The maximum Gasteiger partial charge on any atom is 0.121 e. The molecule has 2 N–H and O–H groups in total. The average molecular weight is 361 g/mol. The highest BCUT2D eigenvalue weighted by molar-refractivity contribution is 5.75. The number of hydrogen-bond acceptors (Lipinski definition) is 3. The molecular formula is C22H27N5. The molecule has 0 unspecified atom stereocenters. The number of imidazole rings is 2. The van der Waals surface area contributed by atoms with Crippen LogP contribution in [0.25, 0.3) is 22.1 Å². The van der Waals surface area contributed by atoms with Gasteiger partial charge in [0.05, 0.1) is 35.2 Å². The van der Waals surface area contributed by atoms with Gasteiger partial charge < -0.3 is 9.97 Å². The number of nitrogens with zero attached hydrogens (tertiary/aromatic N) is 3. The number of hydrogen-bond donors (Lipinski definition) is 2. The van der Waals surface area contributed by atoms with Crippen LogP contribution in [-0.4, -0.2) is 31.4 Å². The van der Waals surface area contributed by atoms with Gasteiger partial charge in [-0.1, -0.05) is 50.5 Å². The Kier molecular flexibility index (Phi) is 5.49. The van der Waals surface area contributed by atoms with E-state index >= 15 is 0 Å². The van der Waals surface area contributed by atoms with Crippen molar-refractivity contribution in [1.82, 2.24) is 24.8 Å². The van der Waals surface area contributed by atoms with E-state index in [9.17, 15) is 0 Å². The van der Waals surface area contributed by atoms with Gasteiger partial charge in [0.1, 0.15) is 11.6 Å². The highest BCUT2D eigenvalue weighted by Gasteiger charge is 2.12. The van der Waals surface area contributed by atoms with Crippen molar-refractivity contribution < 1.29 is 0 Å². The molecule has 0 fully saturated rings. The number of fused-ring (bicyclic) bond motifs is 2. The lowest BCUT2D eigenvalue weighted by atomic mass is 10.2. The van der Waals surface area contributed by atoms with Crippen LogP contribution in [0.3, 0.4) is 0 Å². The van der Waals surface area contributed by atoms with Crippen molar-refractivity contribution in [2.75, 3.05) is 6.54 Å². The van der Waals surface area contributed by atoms with E-state index in [2.05, 4.69) is 46.1 Å². The average Bonchev–Trinajstić information content (AvgIpc) is 3.27. The van der Waals surface area contributed by atoms with Gasteiger partial charge in [-0.25, -0.2) is 9.97 Å². The van der Waals surface area contributed by atoms with Gasteiger partial charge in [0.25, 0.3) is 0 Å². The summed E-state index contributed by atoms with van der Waals surface area (Å²) in [6.45, 7) is 4.91. The number of unbranched alkanes of at least 4 members (excludes halogenated alkanes) is 3. The molecule has 5 heteroatoms. The largest absolute Gasteiger partial charge is 0.341 e. The second kappa shape index (κ2) is 8.35. The van der Waals surface area contributed by atoms with Crippen LogP contribution in [0.15, 0.2) is 48.5 Å². The van der Waals surface area contributed by atoms with Gasteiger partial charge in [-0.15, -0.1) is 0 Å². The maximum absolute atomic E-state index is 4.75. The molecule has 2 aromatic heterocycles. The van der Waals surface area contributed by atoms with Crippen LogP contribution in [0.1, 0.15) is 44.3 Å². The summed E-state index contributed by atoms with van der Waals surface area (Å²) in [5, 5.41) is 0.